The Morgan fingerprint density at radius 1 is 1.11 bits per heavy atom. The molecule has 0 N–H and O–H groups in total. The Bertz CT molecular complexity index is 689. The van der Waals surface area contributed by atoms with Crippen molar-refractivity contribution in [3.8, 4) is 0 Å². The van der Waals surface area contributed by atoms with Crippen molar-refractivity contribution in [1.82, 2.24) is 0 Å². The van der Waals surface area contributed by atoms with E-state index in [1.165, 1.54) is 44.3 Å². The van der Waals surface area contributed by atoms with E-state index in [4.69, 9.17) is 9.47 Å². The van der Waals surface area contributed by atoms with E-state index in [9.17, 15) is 9.59 Å². The van der Waals surface area contributed by atoms with Crippen LogP contribution in [0.25, 0.3) is 0 Å². The molecule has 0 bridgehead atoms. The number of hydrogen-bond acceptors (Lipinski definition) is 4. The molecule has 28 heavy (non-hydrogen) atoms. The fourth-order valence-electron chi connectivity index (χ4n) is 3.57. The second kappa shape index (κ2) is 11.0. The smallest absolute Gasteiger partial charge is 0.303 e. The van der Waals surface area contributed by atoms with Gasteiger partial charge in [-0.05, 0) is 69.6 Å². The van der Waals surface area contributed by atoms with Crippen LogP contribution in [0.15, 0.2) is 46.6 Å². The van der Waals surface area contributed by atoms with E-state index in [0.717, 1.165) is 17.6 Å². The van der Waals surface area contributed by atoms with Crippen LogP contribution < -0.4 is 0 Å². The molecule has 0 radical (unpaired) electrons. The minimum absolute atomic E-state index is 0.224. The zero-order chi connectivity index (χ0) is 21.3. The van der Waals surface area contributed by atoms with Gasteiger partial charge in [-0.25, -0.2) is 0 Å². The minimum atomic E-state index is -0.401. The molecule has 1 rings (SSSR count). The first-order valence-electron chi connectivity index (χ1n) is 10.0. The molecule has 1 atom stereocenters. The molecule has 0 spiro atoms. The average Bonchev–Trinajstić information content (AvgIpc) is 2.56. The fourth-order valence-corrected chi connectivity index (χ4v) is 3.57. The molecule has 1 unspecified atom stereocenters. The number of esters is 2. The third-order valence-corrected chi connectivity index (χ3v) is 5.28. The van der Waals surface area contributed by atoms with Gasteiger partial charge in [-0.3, -0.25) is 9.59 Å². The van der Waals surface area contributed by atoms with E-state index in [0.29, 0.717) is 0 Å². The largest absolute Gasteiger partial charge is 0.462 e. The van der Waals surface area contributed by atoms with E-state index in [1.807, 2.05) is 32.1 Å². The fraction of sp³-hybridized carbons (Fsp3) is 0.583. The van der Waals surface area contributed by atoms with Crippen molar-refractivity contribution in [2.24, 2.45) is 5.41 Å². The van der Waals surface area contributed by atoms with Gasteiger partial charge in [0.15, 0.2) is 0 Å². The molecule has 0 saturated carbocycles. The molecule has 0 heterocycles. The van der Waals surface area contributed by atoms with Crippen molar-refractivity contribution >= 4 is 11.9 Å². The van der Waals surface area contributed by atoms with Crippen LogP contribution in [0.3, 0.4) is 0 Å². The summed E-state index contributed by atoms with van der Waals surface area (Å²) in [4.78, 5) is 22.4. The van der Waals surface area contributed by atoms with Gasteiger partial charge in [-0.15, -0.1) is 0 Å². The summed E-state index contributed by atoms with van der Waals surface area (Å²) >= 11 is 0. The molecule has 4 nitrogen and oxygen atoms in total. The maximum absolute atomic E-state index is 11.5. The van der Waals surface area contributed by atoms with Gasteiger partial charge in [-0.2, -0.15) is 0 Å². The normalized spacial score (nSPS) is 19.0. The number of hydrogen-bond donors (Lipinski definition) is 0. The third-order valence-electron chi connectivity index (χ3n) is 5.28. The summed E-state index contributed by atoms with van der Waals surface area (Å²) in [5.74, 6) is -0.614. The number of carbonyl (C=O) groups excluding carboxylic acids is 2. The number of allylic oxidation sites excluding steroid dienone is 5. The van der Waals surface area contributed by atoms with Crippen LogP contribution in [0, 0.1) is 5.41 Å². The molecule has 1 aliphatic rings. The predicted molar refractivity (Wildman–Crippen MR) is 114 cm³/mol. The Balaban J connectivity index is 2.91. The predicted octanol–water partition coefficient (Wildman–Crippen LogP) is 5.85. The van der Waals surface area contributed by atoms with E-state index >= 15 is 0 Å². The monoisotopic (exact) mass is 388 g/mol. The standard InChI is InChI=1S/C24H36O4/c1-17(14-16-27-20(4)25)10-13-23(28-21(5)26)19(3)11-12-22-18(2)9-8-15-24(22,6)7/h10-11,13-14,23H,8-9,12,15-16H2,1-7H3/b13-10+,17-14+,19-11+. The molecule has 0 aromatic carbocycles. The first kappa shape index (κ1) is 23.9. The van der Waals surface area contributed by atoms with Crippen molar-refractivity contribution in [2.45, 2.75) is 80.3 Å². The minimum Gasteiger partial charge on any atom is -0.462 e. The van der Waals surface area contributed by atoms with Crippen LogP contribution in [0.5, 0.6) is 0 Å². The zero-order valence-corrected chi connectivity index (χ0v) is 18.6. The molecular weight excluding hydrogens is 352 g/mol. The van der Waals surface area contributed by atoms with Crippen LogP contribution in [-0.2, 0) is 19.1 Å². The lowest BCUT2D eigenvalue weighted by molar-refractivity contribution is -0.143. The van der Waals surface area contributed by atoms with Crippen LogP contribution in [-0.4, -0.2) is 24.6 Å². The first-order valence-corrected chi connectivity index (χ1v) is 10.0. The summed E-state index contributed by atoms with van der Waals surface area (Å²) in [7, 11) is 0. The van der Waals surface area contributed by atoms with Crippen molar-refractivity contribution in [3.05, 3.63) is 46.6 Å². The average molecular weight is 389 g/mol. The molecule has 0 aromatic rings. The SMILES string of the molecule is CC(=O)OC/C=C(C)/C=C/C(OC(C)=O)/C(C)=C/CC1=C(C)CCCC1(C)C. The second-order valence-electron chi connectivity index (χ2n) is 8.29. The van der Waals surface area contributed by atoms with E-state index in [2.05, 4.69) is 26.8 Å². The number of ether oxygens (including phenoxy) is 2. The highest BCUT2D eigenvalue weighted by Gasteiger charge is 2.27. The van der Waals surface area contributed by atoms with Gasteiger partial charge in [0.05, 0.1) is 0 Å². The molecule has 1 aliphatic carbocycles. The summed E-state index contributed by atoms with van der Waals surface area (Å²) in [5.41, 5.74) is 5.17. The summed E-state index contributed by atoms with van der Waals surface area (Å²) in [6.07, 6.45) is 11.9. The van der Waals surface area contributed by atoms with E-state index in [1.54, 1.807) is 0 Å². The third kappa shape index (κ3) is 8.28. The number of carbonyl (C=O) groups is 2. The lowest BCUT2D eigenvalue weighted by Crippen LogP contribution is -2.20. The molecule has 0 amide bonds. The van der Waals surface area contributed by atoms with Crippen LogP contribution in [0.4, 0.5) is 0 Å². The molecule has 0 saturated heterocycles. The van der Waals surface area contributed by atoms with Crippen molar-refractivity contribution < 1.29 is 19.1 Å². The van der Waals surface area contributed by atoms with Crippen LogP contribution >= 0.6 is 0 Å². The zero-order valence-electron chi connectivity index (χ0n) is 18.6. The van der Waals surface area contributed by atoms with Gasteiger partial charge in [-0.1, -0.05) is 42.7 Å². The highest BCUT2D eigenvalue weighted by molar-refractivity contribution is 5.67. The summed E-state index contributed by atoms with van der Waals surface area (Å²) in [5, 5.41) is 0. The lowest BCUT2D eigenvalue weighted by Gasteiger charge is -2.34. The van der Waals surface area contributed by atoms with E-state index < -0.39 is 6.10 Å². The molecule has 4 heteroatoms. The Hall–Kier alpha value is -2.10. The lowest BCUT2D eigenvalue weighted by atomic mass is 9.71. The van der Waals surface area contributed by atoms with E-state index in [-0.39, 0.29) is 24.0 Å². The second-order valence-corrected chi connectivity index (χ2v) is 8.29. The summed E-state index contributed by atoms with van der Waals surface area (Å²) < 4.78 is 10.4. The van der Waals surface area contributed by atoms with Gasteiger partial charge < -0.3 is 9.47 Å². The van der Waals surface area contributed by atoms with Crippen LogP contribution in [0.2, 0.25) is 0 Å². The van der Waals surface area contributed by atoms with Crippen molar-refractivity contribution in [2.75, 3.05) is 6.61 Å². The van der Waals surface area contributed by atoms with Crippen molar-refractivity contribution in [1.29, 1.82) is 0 Å². The van der Waals surface area contributed by atoms with Crippen LogP contribution in [0.1, 0.15) is 74.1 Å². The van der Waals surface area contributed by atoms with Gasteiger partial charge >= 0.3 is 11.9 Å². The molecular formula is C24H36O4. The van der Waals surface area contributed by atoms with Gasteiger partial charge in [0.1, 0.15) is 12.7 Å². The quantitative estimate of drug-likeness (QED) is 0.297. The Labute approximate surface area is 170 Å². The topological polar surface area (TPSA) is 52.6 Å². The Morgan fingerprint density at radius 2 is 1.79 bits per heavy atom. The highest BCUT2D eigenvalue weighted by atomic mass is 16.5. The maximum atomic E-state index is 11.5. The Morgan fingerprint density at radius 3 is 2.36 bits per heavy atom. The van der Waals surface area contributed by atoms with Gasteiger partial charge in [0.2, 0.25) is 0 Å². The van der Waals surface area contributed by atoms with Gasteiger partial charge in [0.25, 0.3) is 0 Å². The molecule has 0 aromatic heterocycles. The highest BCUT2D eigenvalue weighted by Crippen LogP contribution is 2.42. The maximum Gasteiger partial charge on any atom is 0.303 e. The Kier molecular flexibility index (Phi) is 9.44. The summed E-state index contributed by atoms with van der Waals surface area (Å²) in [6, 6.07) is 0. The number of rotatable bonds is 8. The molecule has 156 valence electrons. The first-order chi connectivity index (χ1) is 13.0. The van der Waals surface area contributed by atoms with Crippen molar-refractivity contribution in [3.63, 3.8) is 0 Å². The molecule has 0 fully saturated rings. The summed E-state index contributed by atoms with van der Waals surface area (Å²) in [6.45, 7) is 13.8. The van der Waals surface area contributed by atoms with Gasteiger partial charge in [0, 0.05) is 13.8 Å². The molecule has 0 aliphatic heterocycles.